The average molecular weight is 216 g/mol. The van der Waals surface area contributed by atoms with E-state index in [4.69, 9.17) is 4.42 Å². The van der Waals surface area contributed by atoms with Gasteiger partial charge in [-0.05, 0) is 0 Å². The van der Waals surface area contributed by atoms with E-state index in [-0.39, 0.29) is 11.3 Å². The number of nitrogens with one attached hydrogen (secondary N) is 1. The number of oxazole rings is 1. The highest BCUT2D eigenvalue weighted by atomic mass is 31.2. The molecule has 0 saturated heterocycles. The van der Waals surface area contributed by atoms with Gasteiger partial charge in [0.05, 0.1) is 6.20 Å². The summed E-state index contributed by atoms with van der Waals surface area (Å²) in [5, 5.41) is 2.91. The van der Waals surface area contributed by atoms with Gasteiger partial charge < -0.3 is 4.42 Å². The van der Waals surface area contributed by atoms with Crippen molar-refractivity contribution in [1.82, 2.24) is 4.98 Å². The Balaban J connectivity index is 2.86. The molecular formula is C9H17N2O2P. The van der Waals surface area contributed by atoms with Crippen molar-refractivity contribution in [3.63, 3.8) is 0 Å². The van der Waals surface area contributed by atoms with Crippen LogP contribution >= 0.6 is 7.29 Å². The molecule has 0 radical (unpaired) electrons. The largest absolute Gasteiger partial charge is 0.432 e. The first kappa shape index (κ1) is 11.3. The molecule has 0 aliphatic rings. The van der Waals surface area contributed by atoms with Crippen LogP contribution in [0.3, 0.4) is 0 Å². The molecule has 0 amide bonds. The minimum Gasteiger partial charge on any atom is -0.432 e. The molecule has 1 rings (SSSR count). The van der Waals surface area contributed by atoms with Crippen molar-refractivity contribution >= 4 is 13.3 Å². The zero-order valence-electron chi connectivity index (χ0n) is 9.02. The first-order valence-corrected chi connectivity index (χ1v) is 6.58. The van der Waals surface area contributed by atoms with Gasteiger partial charge in [-0.25, -0.2) is 4.98 Å². The molecule has 4 nitrogen and oxygen atoms in total. The van der Waals surface area contributed by atoms with Gasteiger partial charge in [-0.2, -0.15) is 0 Å². The molecule has 0 aliphatic carbocycles. The van der Waals surface area contributed by atoms with E-state index in [9.17, 15) is 4.57 Å². The first-order chi connectivity index (χ1) is 6.47. The van der Waals surface area contributed by atoms with Gasteiger partial charge in [-0.1, -0.05) is 27.7 Å². The van der Waals surface area contributed by atoms with Crippen molar-refractivity contribution in [3.8, 4) is 0 Å². The lowest BCUT2D eigenvalue weighted by Gasteiger charge is -2.25. The predicted molar refractivity (Wildman–Crippen MR) is 58.0 cm³/mol. The van der Waals surface area contributed by atoms with E-state index in [0.29, 0.717) is 6.01 Å². The second-order valence-corrected chi connectivity index (χ2v) is 7.55. The van der Waals surface area contributed by atoms with E-state index in [1.807, 2.05) is 27.7 Å². The Morgan fingerprint density at radius 3 is 2.29 bits per heavy atom. The molecule has 1 N–H and O–H groups in total. The molecule has 0 unspecified atom stereocenters. The summed E-state index contributed by atoms with van der Waals surface area (Å²) in [6, 6.07) is 0.343. The summed E-state index contributed by atoms with van der Waals surface area (Å²) in [7, 11) is -2.46. The maximum atomic E-state index is 12.5. The molecule has 1 aromatic heterocycles. The average Bonchev–Trinajstić information content (AvgIpc) is 2.55. The number of hydrogen-bond donors (Lipinski definition) is 1. The van der Waals surface area contributed by atoms with E-state index < -0.39 is 7.29 Å². The van der Waals surface area contributed by atoms with Crippen LogP contribution in [0.2, 0.25) is 0 Å². The molecular weight excluding hydrogens is 199 g/mol. The number of anilines is 1. The van der Waals surface area contributed by atoms with Crippen LogP contribution in [-0.2, 0) is 4.57 Å². The Kier molecular flexibility index (Phi) is 3.38. The van der Waals surface area contributed by atoms with Crippen LogP contribution in [0.15, 0.2) is 16.9 Å². The smallest absolute Gasteiger partial charge is 0.300 e. The van der Waals surface area contributed by atoms with Crippen molar-refractivity contribution in [1.29, 1.82) is 0 Å². The highest BCUT2D eigenvalue weighted by Crippen LogP contribution is 2.53. The Hall–Kier alpha value is -0.760. The lowest BCUT2D eigenvalue weighted by Crippen LogP contribution is -2.15. The number of rotatable bonds is 4. The number of hydrogen-bond acceptors (Lipinski definition) is 3. The molecule has 1 aromatic rings. The van der Waals surface area contributed by atoms with Crippen molar-refractivity contribution in [2.45, 2.75) is 39.0 Å². The van der Waals surface area contributed by atoms with Crippen LogP contribution in [0.1, 0.15) is 27.7 Å². The van der Waals surface area contributed by atoms with Gasteiger partial charge in [-0.3, -0.25) is 9.65 Å². The van der Waals surface area contributed by atoms with Crippen molar-refractivity contribution < 1.29 is 8.98 Å². The van der Waals surface area contributed by atoms with Crippen LogP contribution in [-0.4, -0.2) is 16.3 Å². The second kappa shape index (κ2) is 4.18. The Bertz CT molecular complexity index is 308. The maximum Gasteiger partial charge on any atom is 0.300 e. The molecule has 0 atom stereocenters. The molecule has 0 fully saturated rings. The Morgan fingerprint density at radius 2 is 1.93 bits per heavy atom. The summed E-state index contributed by atoms with van der Waals surface area (Å²) in [5.74, 6) is 0. The van der Waals surface area contributed by atoms with Gasteiger partial charge in [0.25, 0.3) is 6.01 Å². The topological polar surface area (TPSA) is 55.1 Å². The zero-order valence-corrected chi connectivity index (χ0v) is 9.91. The van der Waals surface area contributed by atoms with Crippen molar-refractivity contribution in [3.05, 3.63) is 12.5 Å². The van der Waals surface area contributed by atoms with Gasteiger partial charge in [-0.15, -0.1) is 0 Å². The van der Waals surface area contributed by atoms with Crippen molar-refractivity contribution in [2.24, 2.45) is 0 Å². The second-order valence-electron chi connectivity index (χ2n) is 3.85. The maximum absolute atomic E-state index is 12.5. The molecule has 0 spiro atoms. The molecule has 0 aliphatic heterocycles. The molecule has 0 bridgehead atoms. The first-order valence-electron chi connectivity index (χ1n) is 4.74. The molecule has 1 heterocycles. The van der Waals surface area contributed by atoms with E-state index >= 15 is 0 Å². The third-order valence-corrected chi connectivity index (χ3v) is 5.85. The molecule has 14 heavy (non-hydrogen) atoms. The highest BCUT2D eigenvalue weighted by molar-refractivity contribution is 7.66. The fraction of sp³-hybridized carbons (Fsp3) is 0.667. The van der Waals surface area contributed by atoms with Gasteiger partial charge >= 0.3 is 0 Å². The van der Waals surface area contributed by atoms with E-state index in [2.05, 4.69) is 10.1 Å². The monoisotopic (exact) mass is 216 g/mol. The number of aromatic nitrogens is 1. The van der Waals surface area contributed by atoms with Gasteiger partial charge in [0.2, 0.25) is 0 Å². The lowest BCUT2D eigenvalue weighted by atomic mass is 10.5. The lowest BCUT2D eigenvalue weighted by molar-refractivity contribution is 0.554. The fourth-order valence-electron chi connectivity index (χ4n) is 1.28. The standard InChI is InChI=1S/C9H17N2O2P/c1-7(2)14(12,8(3)4)11-9-10-5-6-13-9/h5-8H,1-4H3,(H,10,11,12). The van der Waals surface area contributed by atoms with E-state index in [1.54, 1.807) is 0 Å². The zero-order chi connectivity index (χ0) is 10.8. The Morgan fingerprint density at radius 1 is 1.36 bits per heavy atom. The van der Waals surface area contributed by atoms with E-state index in [1.165, 1.54) is 12.5 Å². The highest BCUT2D eigenvalue weighted by Gasteiger charge is 2.31. The third kappa shape index (κ3) is 2.18. The van der Waals surface area contributed by atoms with Crippen LogP contribution in [0.25, 0.3) is 0 Å². The summed E-state index contributed by atoms with van der Waals surface area (Å²) < 4.78 is 17.5. The number of nitrogens with zero attached hydrogens (tertiary/aromatic N) is 1. The summed E-state index contributed by atoms with van der Waals surface area (Å²) in [6.45, 7) is 7.76. The SMILES string of the molecule is CC(C)P(=O)(Nc1ncco1)C(C)C. The summed E-state index contributed by atoms with van der Waals surface area (Å²) in [4.78, 5) is 3.92. The predicted octanol–water partition coefficient (Wildman–Crippen LogP) is 3.18. The molecule has 5 heteroatoms. The Labute approximate surface area is 84.5 Å². The molecule has 0 saturated carbocycles. The van der Waals surface area contributed by atoms with Gasteiger partial charge in [0, 0.05) is 11.3 Å². The molecule has 0 aromatic carbocycles. The van der Waals surface area contributed by atoms with Crippen LogP contribution in [0, 0.1) is 0 Å². The van der Waals surface area contributed by atoms with Crippen molar-refractivity contribution in [2.75, 3.05) is 5.09 Å². The molecule has 80 valence electrons. The summed E-state index contributed by atoms with van der Waals surface area (Å²) in [5.41, 5.74) is 0.156. The van der Waals surface area contributed by atoms with Crippen LogP contribution in [0.5, 0.6) is 0 Å². The van der Waals surface area contributed by atoms with E-state index in [0.717, 1.165) is 0 Å². The van der Waals surface area contributed by atoms with Crippen LogP contribution in [0.4, 0.5) is 6.01 Å². The minimum absolute atomic E-state index is 0.0781. The quantitative estimate of drug-likeness (QED) is 0.785. The summed E-state index contributed by atoms with van der Waals surface area (Å²) in [6.07, 6.45) is 3.00. The van der Waals surface area contributed by atoms with Gasteiger partial charge in [0.1, 0.15) is 6.26 Å². The van der Waals surface area contributed by atoms with Crippen LogP contribution < -0.4 is 5.09 Å². The normalized spacial score (nSPS) is 12.4. The summed E-state index contributed by atoms with van der Waals surface area (Å²) >= 11 is 0. The van der Waals surface area contributed by atoms with Gasteiger partial charge in [0.15, 0.2) is 7.29 Å². The minimum atomic E-state index is -2.46. The fourth-order valence-corrected chi connectivity index (χ4v) is 3.40. The third-order valence-electron chi connectivity index (χ3n) is 2.24.